The quantitative estimate of drug-likeness (QED) is 0.0375. The molecule has 0 saturated heterocycles. The molecule has 2 unspecified atom stereocenters. The van der Waals surface area contributed by atoms with Crippen molar-refractivity contribution in [1.82, 2.24) is 16.0 Å². The van der Waals surface area contributed by atoms with Crippen LogP contribution in [0.4, 0.5) is 0 Å². The van der Waals surface area contributed by atoms with Crippen LogP contribution in [-0.2, 0) is 25.6 Å². The van der Waals surface area contributed by atoms with Crippen molar-refractivity contribution in [2.45, 2.75) is 114 Å². The molecule has 12 heteroatoms. The molecule has 0 bridgehead atoms. The van der Waals surface area contributed by atoms with E-state index in [9.17, 15) is 29.4 Å². The summed E-state index contributed by atoms with van der Waals surface area (Å²) in [6.07, 6.45) is 33.2. The summed E-state index contributed by atoms with van der Waals surface area (Å²) in [7, 11) is 2.51. The number of aliphatic hydroxyl groups excluding tert-OH is 2. The Kier molecular flexibility index (Phi) is 28.1. The Morgan fingerprint density at radius 2 is 1.24 bits per heavy atom. The van der Waals surface area contributed by atoms with Crippen LogP contribution in [0.5, 0.6) is 0 Å². The van der Waals surface area contributed by atoms with Crippen LogP contribution in [0.1, 0.15) is 90.5 Å². The molecule has 0 saturated carbocycles. The van der Waals surface area contributed by atoms with E-state index in [1.165, 1.54) is 21.6 Å². The van der Waals surface area contributed by atoms with E-state index >= 15 is 0 Å². The van der Waals surface area contributed by atoms with Crippen LogP contribution in [0.15, 0.2) is 103 Å². The first-order valence-corrected chi connectivity index (χ1v) is 21.5. The summed E-state index contributed by atoms with van der Waals surface area (Å²) < 4.78 is -0.901. The average Bonchev–Trinajstić information content (AvgIpc) is 3.16. The van der Waals surface area contributed by atoms with Gasteiger partial charge in [0.05, 0.1) is 19.3 Å². The monoisotopic (exact) mass is 796 g/mol. The summed E-state index contributed by atoms with van der Waals surface area (Å²) in [5.41, 5.74) is 6.71. The number of nitrogens with two attached hydrogens (primary N) is 1. The molecule has 0 aliphatic heterocycles. The normalized spacial score (nSPS) is 13.6. The van der Waals surface area contributed by atoms with Crippen molar-refractivity contribution in [3.63, 3.8) is 0 Å². The number of amides is 4. The number of hydrogen-bond donors (Lipinski definition) is 6. The lowest BCUT2D eigenvalue weighted by atomic mass is 10.0. The summed E-state index contributed by atoms with van der Waals surface area (Å²) in [5, 5.41) is 27.1. The lowest BCUT2D eigenvalue weighted by Gasteiger charge is -2.34. The fourth-order valence-electron chi connectivity index (χ4n) is 4.94. The van der Waals surface area contributed by atoms with Crippen molar-refractivity contribution < 1.29 is 29.4 Å². The van der Waals surface area contributed by atoms with Gasteiger partial charge in [0.2, 0.25) is 23.6 Å². The van der Waals surface area contributed by atoms with E-state index in [-0.39, 0.29) is 30.4 Å². The number of allylic oxidation sites excluding steroid dienone is 12. The topological polar surface area (TPSA) is 171 Å². The summed E-state index contributed by atoms with van der Waals surface area (Å²) in [5.74, 6) is -1.70. The van der Waals surface area contributed by atoms with Crippen LogP contribution in [0.25, 0.3) is 0 Å². The predicted molar refractivity (Wildman–Crippen MR) is 230 cm³/mol. The standard InChI is InChI=1S/C43H64N4O6S2/c1-4-5-6-7-8-9-10-11-12-13-14-15-16-17-18-19-20-21-25-30-38(50)46-37(41(44)52)34-54-55-43(2,3)40(42(53)45-36(32-48)33-49)47-39(51)31-26-29-35-27-23-22-24-28-35/h5-6,8-9,11-12,14-15,17-18,20-24,27-28,36-37,40,48-49H,4,7,10,13,16,19,25-26,29-34H2,1-3H3,(H2,44,52)(H,45,53)(H,46,50)(H,47,51)/b6-5-,9-8-,12-11-,15-14-,18-17-,21-20-. The van der Waals surface area contributed by atoms with Gasteiger partial charge in [-0.1, -0.05) is 132 Å². The van der Waals surface area contributed by atoms with E-state index < -0.39 is 47.9 Å². The summed E-state index contributed by atoms with van der Waals surface area (Å²) >= 11 is 0. The molecule has 0 aliphatic rings. The van der Waals surface area contributed by atoms with Gasteiger partial charge in [0.15, 0.2) is 0 Å². The highest BCUT2D eigenvalue weighted by molar-refractivity contribution is 8.77. The van der Waals surface area contributed by atoms with Crippen molar-refractivity contribution in [3.05, 3.63) is 109 Å². The minimum absolute atomic E-state index is 0.143. The van der Waals surface area contributed by atoms with Gasteiger partial charge in [0.1, 0.15) is 12.1 Å². The zero-order valence-corrected chi connectivity index (χ0v) is 34.5. The van der Waals surface area contributed by atoms with Crippen molar-refractivity contribution in [2.75, 3.05) is 19.0 Å². The van der Waals surface area contributed by atoms with Gasteiger partial charge in [-0.15, -0.1) is 0 Å². The maximum atomic E-state index is 13.3. The molecule has 0 radical (unpaired) electrons. The highest BCUT2D eigenvalue weighted by Crippen LogP contribution is 2.38. The Labute approximate surface area is 337 Å². The number of aryl methyl sites for hydroxylation is 1. The van der Waals surface area contributed by atoms with Crippen LogP contribution in [0, 0.1) is 0 Å². The number of benzene rings is 1. The van der Waals surface area contributed by atoms with E-state index in [1.807, 2.05) is 42.5 Å². The lowest BCUT2D eigenvalue weighted by molar-refractivity contribution is -0.130. The Hall–Kier alpha value is -3.84. The smallest absolute Gasteiger partial charge is 0.244 e. The van der Waals surface area contributed by atoms with E-state index in [2.05, 4.69) is 83.6 Å². The molecule has 0 aromatic heterocycles. The van der Waals surface area contributed by atoms with Crippen LogP contribution in [0.2, 0.25) is 0 Å². The van der Waals surface area contributed by atoms with Crippen LogP contribution in [0.3, 0.4) is 0 Å². The third-order valence-electron chi connectivity index (χ3n) is 8.08. The molecule has 0 fully saturated rings. The fraction of sp³-hybridized carbons (Fsp3) is 0.488. The Balaban J connectivity index is 2.51. The molecule has 2 atom stereocenters. The molecule has 7 N–H and O–H groups in total. The van der Waals surface area contributed by atoms with Gasteiger partial charge >= 0.3 is 0 Å². The number of rotatable bonds is 30. The molecule has 1 aromatic carbocycles. The highest BCUT2D eigenvalue weighted by atomic mass is 33.1. The Morgan fingerprint density at radius 1 is 0.727 bits per heavy atom. The van der Waals surface area contributed by atoms with Crippen LogP contribution >= 0.6 is 21.6 Å². The molecule has 304 valence electrons. The predicted octanol–water partition coefficient (Wildman–Crippen LogP) is 6.57. The van der Waals surface area contributed by atoms with E-state index in [1.54, 1.807) is 13.8 Å². The maximum Gasteiger partial charge on any atom is 0.244 e. The number of primary amides is 1. The first kappa shape index (κ1) is 49.2. The number of nitrogens with one attached hydrogen (secondary N) is 3. The van der Waals surface area contributed by atoms with Crippen LogP contribution < -0.4 is 21.7 Å². The second kappa shape index (κ2) is 31.4. The van der Waals surface area contributed by atoms with Gasteiger partial charge < -0.3 is 31.9 Å². The fourth-order valence-corrected chi connectivity index (χ4v) is 7.77. The van der Waals surface area contributed by atoms with Gasteiger partial charge in [0.25, 0.3) is 0 Å². The van der Waals surface area contributed by atoms with Gasteiger partial charge in [-0.3, -0.25) is 19.2 Å². The number of hydrogen-bond acceptors (Lipinski definition) is 8. The van der Waals surface area contributed by atoms with E-state index in [0.717, 1.165) is 44.1 Å². The second-order valence-electron chi connectivity index (χ2n) is 13.4. The molecule has 1 aromatic rings. The first-order chi connectivity index (χ1) is 26.5. The molecule has 55 heavy (non-hydrogen) atoms. The number of carbonyl (C=O) groups is 4. The molecular formula is C43H64N4O6S2. The summed E-state index contributed by atoms with van der Waals surface area (Å²) in [4.78, 5) is 51.1. The minimum atomic E-state index is -1.03. The van der Waals surface area contributed by atoms with Gasteiger partial charge in [-0.2, -0.15) is 0 Å². The zero-order valence-electron chi connectivity index (χ0n) is 32.9. The molecule has 1 rings (SSSR count). The summed E-state index contributed by atoms with van der Waals surface area (Å²) in [6.45, 7) is 4.74. The summed E-state index contributed by atoms with van der Waals surface area (Å²) in [6, 6.07) is 6.94. The van der Waals surface area contributed by atoms with Crippen molar-refractivity contribution in [2.24, 2.45) is 5.73 Å². The zero-order chi connectivity index (χ0) is 40.6. The van der Waals surface area contributed by atoms with Gasteiger partial charge in [-0.05, 0) is 77.2 Å². The Morgan fingerprint density at radius 3 is 1.75 bits per heavy atom. The average molecular weight is 797 g/mol. The third kappa shape index (κ3) is 25.0. The van der Waals surface area contributed by atoms with Crippen LogP contribution in [-0.4, -0.2) is 75.7 Å². The molecule has 10 nitrogen and oxygen atoms in total. The molecular weight excluding hydrogens is 733 g/mol. The van der Waals surface area contributed by atoms with E-state index in [4.69, 9.17) is 5.73 Å². The van der Waals surface area contributed by atoms with Crippen molar-refractivity contribution in [1.29, 1.82) is 0 Å². The van der Waals surface area contributed by atoms with Gasteiger partial charge in [0, 0.05) is 23.3 Å². The highest BCUT2D eigenvalue weighted by Gasteiger charge is 2.38. The first-order valence-electron chi connectivity index (χ1n) is 19.2. The second-order valence-corrected chi connectivity index (χ2v) is 16.4. The number of carbonyl (C=O) groups excluding carboxylic acids is 4. The number of aliphatic hydroxyl groups is 2. The van der Waals surface area contributed by atoms with Crippen molar-refractivity contribution >= 4 is 45.2 Å². The van der Waals surface area contributed by atoms with Gasteiger partial charge in [-0.25, -0.2) is 0 Å². The van der Waals surface area contributed by atoms with E-state index in [0.29, 0.717) is 19.3 Å². The maximum absolute atomic E-state index is 13.3. The molecule has 0 aliphatic carbocycles. The molecule has 0 spiro atoms. The molecule has 4 amide bonds. The Bertz CT molecular complexity index is 1420. The molecule has 0 heterocycles. The van der Waals surface area contributed by atoms with Crippen molar-refractivity contribution in [3.8, 4) is 0 Å². The minimum Gasteiger partial charge on any atom is -0.394 e. The SMILES string of the molecule is CC/C=C\C/C=C\C/C=C\C/C=C\C/C=C\C/C=C\CCC(=O)NC(CSSC(C)(C)C(NC(=O)CCCc1ccccc1)C(=O)NC(CO)CO)C(N)=O. The third-order valence-corrected chi connectivity index (χ3v) is 11.4. The largest absolute Gasteiger partial charge is 0.394 e. The lowest BCUT2D eigenvalue weighted by Crippen LogP contribution is -2.58.